The average Bonchev–Trinajstić information content (AvgIpc) is 3.04. The number of hydrogen-bond acceptors (Lipinski definition) is 5. The molecular formula is C16H20N2O5. The van der Waals surface area contributed by atoms with E-state index in [9.17, 15) is 4.79 Å². The smallest absolute Gasteiger partial charge is 0.309 e. The first-order valence-electron chi connectivity index (χ1n) is 7.04. The van der Waals surface area contributed by atoms with E-state index in [1.807, 2.05) is 12.1 Å². The standard InChI is InChI=1S/C16H20N2O5/c1-9(16(19)20)15(23-4)14-8-13(17-18-14)10-5-11(21-2)7-12(6-10)22-3/h5-9,15H,1-4H3,(H,17,18)(H,19,20). The number of aromatic amines is 1. The summed E-state index contributed by atoms with van der Waals surface area (Å²) in [4.78, 5) is 11.2. The van der Waals surface area contributed by atoms with E-state index in [-0.39, 0.29) is 0 Å². The van der Waals surface area contributed by atoms with Crippen LogP contribution in [0.3, 0.4) is 0 Å². The van der Waals surface area contributed by atoms with Gasteiger partial charge >= 0.3 is 5.97 Å². The van der Waals surface area contributed by atoms with Gasteiger partial charge in [-0.3, -0.25) is 9.89 Å². The van der Waals surface area contributed by atoms with Crippen molar-refractivity contribution < 1.29 is 24.1 Å². The van der Waals surface area contributed by atoms with Gasteiger partial charge in [0, 0.05) is 18.7 Å². The summed E-state index contributed by atoms with van der Waals surface area (Å²) < 4.78 is 15.8. The molecule has 0 saturated heterocycles. The molecule has 0 spiro atoms. The number of nitrogens with one attached hydrogen (secondary N) is 1. The zero-order valence-electron chi connectivity index (χ0n) is 13.5. The Morgan fingerprint density at radius 1 is 1.13 bits per heavy atom. The first-order valence-corrected chi connectivity index (χ1v) is 7.04. The molecule has 2 atom stereocenters. The Morgan fingerprint density at radius 3 is 2.22 bits per heavy atom. The molecule has 2 N–H and O–H groups in total. The molecular weight excluding hydrogens is 300 g/mol. The van der Waals surface area contributed by atoms with Crippen molar-refractivity contribution in [3.8, 4) is 22.8 Å². The van der Waals surface area contributed by atoms with Crippen LogP contribution in [-0.4, -0.2) is 42.6 Å². The van der Waals surface area contributed by atoms with Gasteiger partial charge in [-0.1, -0.05) is 0 Å². The molecule has 0 aliphatic carbocycles. The number of rotatable bonds is 7. The fourth-order valence-corrected chi connectivity index (χ4v) is 2.30. The Kier molecular flexibility index (Phi) is 5.23. The number of hydrogen-bond donors (Lipinski definition) is 2. The molecule has 23 heavy (non-hydrogen) atoms. The summed E-state index contributed by atoms with van der Waals surface area (Å²) in [6.45, 7) is 1.58. The van der Waals surface area contributed by atoms with E-state index < -0.39 is 18.0 Å². The van der Waals surface area contributed by atoms with Gasteiger partial charge in [0.1, 0.15) is 17.6 Å². The second-order valence-electron chi connectivity index (χ2n) is 5.09. The van der Waals surface area contributed by atoms with Crippen LogP contribution in [0.15, 0.2) is 24.3 Å². The number of methoxy groups -OCH3 is 3. The third-order valence-electron chi connectivity index (χ3n) is 3.65. The van der Waals surface area contributed by atoms with Crippen LogP contribution in [0.5, 0.6) is 11.5 Å². The van der Waals surface area contributed by atoms with Crippen molar-refractivity contribution >= 4 is 5.97 Å². The SMILES string of the molecule is COc1cc(OC)cc(-c2cc(C(OC)C(C)C(=O)O)n[nH]2)c1. The lowest BCUT2D eigenvalue weighted by Crippen LogP contribution is -2.20. The maximum Gasteiger partial charge on any atom is 0.309 e. The molecule has 0 aliphatic heterocycles. The Bertz CT molecular complexity index is 661. The number of aromatic nitrogens is 2. The molecule has 0 amide bonds. The van der Waals surface area contributed by atoms with E-state index in [1.165, 1.54) is 7.11 Å². The van der Waals surface area contributed by atoms with E-state index in [0.717, 1.165) is 11.3 Å². The van der Waals surface area contributed by atoms with Crippen LogP contribution in [0, 0.1) is 5.92 Å². The van der Waals surface area contributed by atoms with Gasteiger partial charge in [0.15, 0.2) is 0 Å². The van der Waals surface area contributed by atoms with E-state index in [4.69, 9.17) is 19.3 Å². The Hall–Kier alpha value is -2.54. The number of ether oxygens (including phenoxy) is 3. The second kappa shape index (κ2) is 7.15. The summed E-state index contributed by atoms with van der Waals surface area (Å²) in [5, 5.41) is 16.2. The van der Waals surface area contributed by atoms with E-state index >= 15 is 0 Å². The minimum atomic E-state index is -0.940. The van der Waals surface area contributed by atoms with Crippen molar-refractivity contribution in [2.75, 3.05) is 21.3 Å². The molecule has 2 unspecified atom stereocenters. The molecule has 7 nitrogen and oxygen atoms in total. The molecule has 0 fully saturated rings. The average molecular weight is 320 g/mol. The number of carboxylic acid groups (broad SMARTS) is 1. The number of nitrogens with zero attached hydrogens (tertiary/aromatic N) is 1. The van der Waals surface area contributed by atoms with Crippen LogP contribution in [0.25, 0.3) is 11.3 Å². The van der Waals surface area contributed by atoms with Crippen LogP contribution in [0.1, 0.15) is 18.7 Å². The highest BCUT2D eigenvalue weighted by Gasteiger charge is 2.27. The summed E-state index contributed by atoms with van der Waals surface area (Å²) in [7, 11) is 4.62. The first kappa shape index (κ1) is 16.8. The summed E-state index contributed by atoms with van der Waals surface area (Å²) in [6, 6.07) is 7.21. The zero-order valence-corrected chi connectivity index (χ0v) is 13.5. The minimum Gasteiger partial charge on any atom is -0.497 e. The fourth-order valence-electron chi connectivity index (χ4n) is 2.30. The molecule has 0 radical (unpaired) electrons. The summed E-state index contributed by atoms with van der Waals surface area (Å²) >= 11 is 0. The molecule has 2 aromatic rings. The van der Waals surface area contributed by atoms with Crippen molar-refractivity contribution in [1.29, 1.82) is 0 Å². The van der Waals surface area contributed by atoms with Gasteiger partial charge in [-0.2, -0.15) is 5.10 Å². The summed E-state index contributed by atoms with van der Waals surface area (Å²) in [5.74, 6) is -0.351. The van der Waals surface area contributed by atoms with Crippen LogP contribution >= 0.6 is 0 Å². The second-order valence-corrected chi connectivity index (χ2v) is 5.09. The lowest BCUT2D eigenvalue weighted by Gasteiger charge is -2.16. The molecule has 7 heteroatoms. The third-order valence-corrected chi connectivity index (χ3v) is 3.65. The Labute approximate surface area is 134 Å². The van der Waals surface area contributed by atoms with Gasteiger partial charge < -0.3 is 19.3 Å². The summed E-state index contributed by atoms with van der Waals surface area (Å²) in [5.41, 5.74) is 2.06. The van der Waals surface area contributed by atoms with Crippen LogP contribution in [0.4, 0.5) is 0 Å². The molecule has 1 heterocycles. The van der Waals surface area contributed by atoms with Crippen molar-refractivity contribution in [2.45, 2.75) is 13.0 Å². The monoisotopic (exact) mass is 320 g/mol. The number of H-pyrrole nitrogens is 1. The topological polar surface area (TPSA) is 93.7 Å². The largest absolute Gasteiger partial charge is 0.497 e. The lowest BCUT2D eigenvalue weighted by molar-refractivity contribution is -0.146. The van der Waals surface area contributed by atoms with Gasteiger partial charge in [-0.05, 0) is 25.1 Å². The highest BCUT2D eigenvalue weighted by Crippen LogP contribution is 2.31. The van der Waals surface area contributed by atoms with E-state index in [2.05, 4.69) is 10.2 Å². The van der Waals surface area contributed by atoms with Gasteiger partial charge in [-0.15, -0.1) is 0 Å². The zero-order chi connectivity index (χ0) is 17.0. The number of carbonyl (C=O) groups is 1. The predicted molar refractivity (Wildman–Crippen MR) is 83.7 cm³/mol. The number of aliphatic carboxylic acids is 1. The predicted octanol–water partition coefficient (Wildman–Crippen LogP) is 2.50. The molecule has 0 aliphatic rings. The maximum atomic E-state index is 11.2. The van der Waals surface area contributed by atoms with E-state index in [1.54, 1.807) is 33.3 Å². The highest BCUT2D eigenvalue weighted by atomic mass is 16.5. The summed E-state index contributed by atoms with van der Waals surface area (Å²) in [6.07, 6.45) is -0.634. The lowest BCUT2D eigenvalue weighted by atomic mass is 10.0. The van der Waals surface area contributed by atoms with Crippen molar-refractivity contribution in [3.05, 3.63) is 30.0 Å². The third kappa shape index (κ3) is 3.62. The molecule has 1 aromatic carbocycles. The highest BCUT2D eigenvalue weighted by molar-refractivity contribution is 5.71. The number of carboxylic acids is 1. The molecule has 2 rings (SSSR count). The minimum absolute atomic E-state index is 0.527. The Morgan fingerprint density at radius 2 is 1.74 bits per heavy atom. The van der Waals surface area contributed by atoms with Crippen LogP contribution in [-0.2, 0) is 9.53 Å². The van der Waals surface area contributed by atoms with Gasteiger partial charge in [0.2, 0.25) is 0 Å². The van der Waals surface area contributed by atoms with Crippen molar-refractivity contribution in [2.24, 2.45) is 5.92 Å². The van der Waals surface area contributed by atoms with Gasteiger partial charge in [0.05, 0.1) is 31.5 Å². The number of benzene rings is 1. The van der Waals surface area contributed by atoms with Crippen LogP contribution in [0.2, 0.25) is 0 Å². The van der Waals surface area contributed by atoms with Crippen molar-refractivity contribution in [3.63, 3.8) is 0 Å². The molecule has 0 saturated carbocycles. The normalized spacial score (nSPS) is 13.4. The van der Waals surface area contributed by atoms with Gasteiger partial charge in [0.25, 0.3) is 0 Å². The van der Waals surface area contributed by atoms with E-state index in [0.29, 0.717) is 17.2 Å². The first-order chi connectivity index (χ1) is 11.0. The fraction of sp³-hybridized carbons (Fsp3) is 0.375. The molecule has 0 bridgehead atoms. The van der Waals surface area contributed by atoms with Gasteiger partial charge in [-0.25, -0.2) is 0 Å². The Balaban J connectivity index is 2.36. The molecule has 1 aromatic heterocycles. The van der Waals surface area contributed by atoms with Crippen LogP contribution < -0.4 is 9.47 Å². The van der Waals surface area contributed by atoms with Crippen molar-refractivity contribution in [1.82, 2.24) is 10.2 Å². The quantitative estimate of drug-likeness (QED) is 0.814. The maximum absolute atomic E-state index is 11.2. The molecule has 124 valence electrons.